The van der Waals surface area contributed by atoms with Gasteiger partial charge in [-0.25, -0.2) is 0 Å². The molecule has 39 heavy (non-hydrogen) atoms. The van der Waals surface area contributed by atoms with E-state index >= 15 is 0 Å². The average molecular weight is 525 g/mol. The highest BCUT2D eigenvalue weighted by Gasteiger charge is 2.46. The summed E-state index contributed by atoms with van der Waals surface area (Å²) in [5.74, 6) is 1.54. The summed E-state index contributed by atoms with van der Waals surface area (Å²) in [5.41, 5.74) is 7.57. The number of likely N-dealkylation sites (N-methyl/N-ethyl adjacent to an activating group) is 1. The fourth-order valence-electron chi connectivity index (χ4n) is 5.24. The average Bonchev–Trinajstić information content (AvgIpc) is 3.64. The molecule has 1 saturated carbocycles. The Bertz CT molecular complexity index is 1400. The van der Waals surface area contributed by atoms with Gasteiger partial charge in [0.05, 0.1) is 20.1 Å². The van der Waals surface area contributed by atoms with E-state index in [9.17, 15) is 4.79 Å². The SMILES string of the molecule is CCOC(=O)CC1(c2ccc(-c3ccc(-c4onc(C)c4N(C)CCc4ccc(OC)cc4)cc3)cc2)CC1. The molecule has 1 heterocycles. The highest BCUT2D eigenvalue weighted by atomic mass is 16.5. The Labute approximate surface area is 230 Å². The van der Waals surface area contributed by atoms with Crippen molar-refractivity contribution in [1.29, 1.82) is 0 Å². The lowest BCUT2D eigenvalue weighted by molar-refractivity contribution is -0.143. The molecule has 0 radical (unpaired) electrons. The van der Waals surface area contributed by atoms with Crippen LogP contribution in [-0.4, -0.2) is 38.4 Å². The van der Waals surface area contributed by atoms with Crippen LogP contribution in [0.5, 0.6) is 5.75 Å². The van der Waals surface area contributed by atoms with Gasteiger partial charge in [0, 0.05) is 24.6 Å². The molecule has 1 aliphatic rings. The molecule has 0 unspecified atom stereocenters. The molecule has 1 aliphatic carbocycles. The van der Waals surface area contributed by atoms with E-state index in [4.69, 9.17) is 14.0 Å². The molecule has 6 nitrogen and oxygen atoms in total. The number of hydrogen-bond acceptors (Lipinski definition) is 6. The van der Waals surface area contributed by atoms with Crippen LogP contribution in [0, 0.1) is 6.92 Å². The highest BCUT2D eigenvalue weighted by Crippen LogP contribution is 2.51. The van der Waals surface area contributed by atoms with Crippen LogP contribution in [0.3, 0.4) is 0 Å². The number of hydrogen-bond donors (Lipinski definition) is 0. The van der Waals surface area contributed by atoms with E-state index in [1.165, 1.54) is 11.1 Å². The summed E-state index contributed by atoms with van der Waals surface area (Å²) < 4.78 is 16.2. The minimum Gasteiger partial charge on any atom is -0.497 e. The fraction of sp³-hybridized carbons (Fsp3) is 0.333. The van der Waals surface area contributed by atoms with E-state index < -0.39 is 0 Å². The third-order valence-corrected chi connectivity index (χ3v) is 7.73. The van der Waals surface area contributed by atoms with Crippen molar-refractivity contribution in [1.82, 2.24) is 5.16 Å². The number of carbonyl (C=O) groups is 1. The van der Waals surface area contributed by atoms with Gasteiger partial charge in [-0.15, -0.1) is 0 Å². The number of rotatable bonds is 11. The van der Waals surface area contributed by atoms with E-state index in [2.05, 4.69) is 77.8 Å². The minimum absolute atomic E-state index is 0.0470. The van der Waals surface area contributed by atoms with E-state index in [0.29, 0.717) is 13.0 Å². The van der Waals surface area contributed by atoms with Crippen molar-refractivity contribution in [3.63, 3.8) is 0 Å². The van der Waals surface area contributed by atoms with Crippen molar-refractivity contribution >= 4 is 11.7 Å². The van der Waals surface area contributed by atoms with Gasteiger partial charge in [-0.3, -0.25) is 4.79 Å². The first kappa shape index (κ1) is 26.5. The Morgan fingerprint density at radius 2 is 1.56 bits per heavy atom. The lowest BCUT2D eigenvalue weighted by atomic mass is 9.91. The van der Waals surface area contributed by atoms with Crippen molar-refractivity contribution in [3.05, 3.63) is 89.6 Å². The van der Waals surface area contributed by atoms with Crippen LogP contribution in [0.1, 0.15) is 43.0 Å². The Hall–Kier alpha value is -4.06. The zero-order chi connectivity index (χ0) is 27.4. The number of carbonyl (C=O) groups excluding carboxylic acids is 1. The van der Waals surface area contributed by atoms with Crippen molar-refractivity contribution in [2.45, 2.75) is 44.9 Å². The van der Waals surface area contributed by atoms with Gasteiger partial charge in [0.1, 0.15) is 17.1 Å². The first-order valence-electron chi connectivity index (χ1n) is 13.6. The van der Waals surface area contributed by atoms with Crippen LogP contribution in [0.2, 0.25) is 0 Å². The summed E-state index contributed by atoms with van der Waals surface area (Å²) in [5, 5.41) is 4.28. The van der Waals surface area contributed by atoms with E-state index in [0.717, 1.165) is 65.4 Å². The molecule has 0 atom stereocenters. The molecule has 0 bridgehead atoms. The number of nitrogens with zero attached hydrogens (tertiary/aromatic N) is 2. The standard InChI is InChI=1S/C33H36N2O4/c1-5-38-30(36)22-33(19-20-33)28-14-12-26(13-15-28)25-8-10-27(11-9-25)32-31(23(2)34-39-32)35(3)21-18-24-6-16-29(37-4)17-7-24/h6-17H,5,18-22H2,1-4H3. The first-order chi connectivity index (χ1) is 18.9. The Morgan fingerprint density at radius 3 is 2.15 bits per heavy atom. The van der Waals surface area contributed by atoms with Crippen LogP contribution in [-0.2, 0) is 21.4 Å². The maximum atomic E-state index is 12.1. The largest absolute Gasteiger partial charge is 0.497 e. The van der Waals surface area contributed by atoms with Crippen LogP contribution in [0.4, 0.5) is 5.69 Å². The normalized spacial score (nSPS) is 13.6. The van der Waals surface area contributed by atoms with Crippen molar-refractivity contribution < 1.29 is 18.8 Å². The molecule has 0 amide bonds. The second kappa shape index (κ2) is 11.4. The van der Waals surface area contributed by atoms with Gasteiger partial charge in [-0.05, 0) is 67.5 Å². The number of ether oxygens (including phenoxy) is 2. The summed E-state index contributed by atoms with van der Waals surface area (Å²) in [6, 6.07) is 25.2. The van der Waals surface area contributed by atoms with Crippen LogP contribution >= 0.6 is 0 Å². The zero-order valence-electron chi connectivity index (χ0n) is 23.2. The van der Waals surface area contributed by atoms with E-state index in [1.807, 2.05) is 26.0 Å². The third kappa shape index (κ3) is 5.85. The molecule has 0 saturated heterocycles. The summed E-state index contributed by atoms with van der Waals surface area (Å²) in [6.45, 7) is 5.10. The van der Waals surface area contributed by atoms with Crippen molar-refractivity contribution in [2.24, 2.45) is 0 Å². The Morgan fingerprint density at radius 1 is 0.949 bits per heavy atom. The van der Waals surface area contributed by atoms with Crippen molar-refractivity contribution in [3.8, 4) is 28.2 Å². The maximum Gasteiger partial charge on any atom is 0.306 e. The molecule has 4 aromatic rings. The molecular weight excluding hydrogens is 488 g/mol. The Balaban J connectivity index is 1.27. The Kier molecular flexibility index (Phi) is 7.73. The predicted molar refractivity (Wildman–Crippen MR) is 154 cm³/mol. The summed E-state index contributed by atoms with van der Waals surface area (Å²) >= 11 is 0. The zero-order valence-corrected chi connectivity index (χ0v) is 23.2. The van der Waals surface area contributed by atoms with Crippen LogP contribution in [0.15, 0.2) is 77.3 Å². The van der Waals surface area contributed by atoms with Gasteiger partial charge in [0.15, 0.2) is 5.76 Å². The van der Waals surface area contributed by atoms with Gasteiger partial charge >= 0.3 is 5.97 Å². The molecule has 3 aromatic carbocycles. The molecule has 1 fully saturated rings. The van der Waals surface area contributed by atoms with Crippen LogP contribution < -0.4 is 9.64 Å². The second-order valence-corrected chi connectivity index (χ2v) is 10.4. The first-order valence-corrected chi connectivity index (χ1v) is 13.6. The van der Waals surface area contributed by atoms with Gasteiger partial charge in [0.2, 0.25) is 0 Å². The quantitative estimate of drug-likeness (QED) is 0.197. The number of anilines is 1. The monoisotopic (exact) mass is 524 g/mol. The van der Waals surface area contributed by atoms with E-state index in [1.54, 1.807) is 7.11 Å². The minimum atomic E-state index is -0.108. The number of aryl methyl sites for hydroxylation is 1. The topological polar surface area (TPSA) is 64.8 Å². The molecule has 0 N–H and O–H groups in total. The lowest BCUT2D eigenvalue weighted by Crippen LogP contribution is -2.21. The summed E-state index contributed by atoms with van der Waals surface area (Å²) in [4.78, 5) is 14.3. The third-order valence-electron chi connectivity index (χ3n) is 7.73. The molecule has 202 valence electrons. The number of methoxy groups -OCH3 is 1. The molecule has 0 aliphatic heterocycles. The maximum absolute atomic E-state index is 12.1. The molecule has 0 spiro atoms. The molecule has 5 rings (SSSR count). The number of benzene rings is 3. The highest BCUT2D eigenvalue weighted by molar-refractivity contribution is 5.77. The van der Waals surface area contributed by atoms with Gasteiger partial charge in [-0.1, -0.05) is 65.8 Å². The van der Waals surface area contributed by atoms with Gasteiger partial charge in [0.25, 0.3) is 0 Å². The van der Waals surface area contributed by atoms with Crippen LogP contribution in [0.25, 0.3) is 22.5 Å². The molecule has 1 aromatic heterocycles. The number of esters is 1. The second-order valence-electron chi connectivity index (χ2n) is 10.4. The van der Waals surface area contributed by atoms with Gasteiger partial charge in [-0.2, -0.15) is 0 Å². The predicted octanol–water partition coefficient (Wildman–Crippen LogP) is 6.99. The lowest BCUT2D eigenvalue weighted by Gasteiger charge is -2.19. The molecule has 6 heteroatoms. The van der Waals surface area contributed by atoms with Crippen molar-refractivity contribution in [2.75, 3.05) is 32.2 Å². The number of aromatic nitrogens is 1. The fourth-order valence-corrected chi connectivity index (χ4v) is 5.24. The summed E-state index contributed by atoms with van der Waals surface area (Å²) in [7, 11) is 3.76. The molecular formula is C33H36N2O4. The van der Waals surface area contributed by atoms with Gasteiger partial charge < -0.3 is 18.9 Å². The van der Waals surface area contributed by atoms with E-state index in [-0.39, 0.29) is 11.4 Å². The smallest absolute Gasteiger partial charge is 0.306 e. The summed E-state index contributed by atoms with van der Waals surface area (Å²) in [6.07, 6.45) is 3.43.